The molecule has 7 heteroatoms. The van der Waals surface area contributed by atoms with Crippen LogP contribution in [0.3, 0.4) is 0 Å². The van der Waals surface area contributed by atoms with Gasteiger partial charge in [-0.2, -0.15) is 13.2 Å². The molecule has 0 saturated carbocycles. The molecule has 1 aromatic heterocycles. The predicted molar refractivity (Wildman–Crippen MR) is 62.2 cm³/mol. The van der Waals surface area contributed by atoms with Crippen molar-refractivity contribution in [2.45, 2.75) is 32.1 Å². The van der Waals surface area contributed by atoms with E-state index in [-0.39, 0.29) is 16.7 Å². The molecule has 0 aliphatic rings. The maximum absolute atomic E-state index is 12.4. The third-order valence-electron chi connectivity index (χ3n) is 2.09. The van der Waals surface area contributed by atoms with Crippen molar-refractivity contribution in [2.24, 2.45) is 5.41 Å². The van der Waals surface area contributed by atoms with Crippen LogP contribution in [0.1, 0.15) is 26.5 Å². The highest BCUT2D eigenvalue weighted by Gasteiger charge is 2.33. The Hall–Kier alpha value is -1.11. The molecule has 0 atom stereocenters. The molecule has 0 aromatic carbocycles. The Kier molecular flexibility index (Phi) is 4.37. The predicted octanol–water partition coefficient (Wildman–Crippen LogP) is 3.20. The second kappa shape index (κ2) is 5.26. The van der Waals surface area contributed by atoms with Gasteiger partial charge in [-0.25, -0.2) is 9.97 Å². The molecule has 0 unspecified atom stereocenters. The Morgan fingerprint density at radius 1 is 1.33 bits per heavy atom. The lowest BCUT2D eigenvalue weighted by atomic mass is 9.92. The van der Waals surface area contributed by atoms with Gasteiger partial charge in [0.15, 0.2) is 5.16 Å². The van der Waals surface area contributed by atoms with Gasteiger partial charge in [0, 0.05) is 11.6 Å². The first-order chi connectivity index (χ1) is 8.10. The molecule has 18 heavy (non-hydrogen) atoms. The van der Waals surface area contributed by atoms with Gasteiger partial charge in [-0.15, -0.1) is 0 Å². The highest BCUT2D eigenvalue weighted by atomic mass is 32.2. The van der Waals surface area contributed by atoms with E-state index in [4.69, 9.17) is 0 Å². The molecule has 0 radical (unpaired) electrons. The van der Waals surface area contributed by atoms with Crippen LogP contribution >= 0.6 is 11.8 Å². The third-order valence-corrected chi connectivity index (χ3v) is 2.95. The molecular formula is C11H13F3N2OS. The minimum Gasteiger partial charge on any atom is -0.298 e. The minimum absolute atomic E-state index is 0.0394. The first kappa shape index (κ1) is 14.9. The van der Waals surface area contributed by atoms with Crippen LogP contribution in [0.25, 0.3) is 0 Å². The number of rotatable bonds is 3. The molecule has 0 amide bonds. The van der Waals surface area contributed by atoms with Crippen LogP contribution in [0.5, 0.6) is 0 Å². The van der Waals surface area contributed by atoms with Crippen molar-refractivity contribution in [2.75, 3.05) is 5.75 Å². The highest BCUT2D eigenvalue weighted by molar-refractivity contribution is 7.99. The standard InChI is InChI=1S/C11H13F3N2OS/c1-10(2,3)8(17)6-18-9-15-5-4-7(16-9)11(12,13)14/h4-5H,6H2,1-3H3. The summed E-state index contributed by atoms with van der Waals surface area (Å²) in [4.78, 5) is 18.7. The number of aromatic nitrogens is 2. The molecule has 3 nitrogen and oxygen atoms in total. The highest BCUT2D eigenvalue weighted by Crippen LogP contribution is 2.28. The van der Waals surface area contributed by atoms with E-state index >= 15 is 0 Å². The molecule has 1 rings (SSSR count). The number of nitrogens with zero attached hydrogens (tertiary/aromatic N) is 2. The van der Waals surface area contributed by atoms with E-state index in [1.807, 2.05) is 0 Å². The molecule has 0 fully saturated rings. The van der Waals surface area contributed by atoms with Gasteiger partial charge in [-0.05, 0) is 6.07 Å². The number of carbonyl (C=O) groups excluding carboxylic acids is 1. The van der Waals surface area contributed by atoms with Gasteiger partial charge in [-0.3, -0.25) is 4.79 Å². The molecule has 1 aromatic rings. The molecule has 1 heterocycles. The van der Waals surface area contributed by atoms with E-state index in [2.05, 4.69) is 9.97 Å². The Morgan fingerprint density at radius 3 is 2.44 bits per heavy atom. The Balaban J connectivity index is 2.73. The van der Waals surface area contributed by atoms with Gasteiger partial charge in [0.2, 0.25) is 0 Å². The summed E-state index contributed by atoms with van der Waals surface area (Å²) in [6.07, 6.45) is -3.45. The average Bonchev–Trinajstić information content (AvgIpc) is 2.23. The fraction of sp³-hybridized carbons (Fsp3) is 0.545. The van der Waals surface area contributed by atoms with E-state index in [1.165, 1.54) is 0 Å². The fourth-order valence-electron chi connectivity index (χ4n) is 0.915. The van der Waals surface area contributed by atoms with Gasteiger partial charge in [-0.1, -0.05) is 32.5 Å². The maximum atomic E-state index is 12.4. The zero-order chi connectivity index (χ0) is 14.0. The maximum Gasteiger partial charge on any atom is 0.433 e. The first-order valence-electron chi connectivity index (χ1n) is 5.17. The summed E-state index contributed by atoms with van der Waals surface area (Å²) in [5.74, 6) is -0.00124. The van der Waals surface area contributed by atoms with E-state index in [0.717, 1.165) is 24.0 Å². The second-order valence-corrected chi connectivity index (χ2v) is 5.63. The summed E-state index contributed by atoms with van der Waals surface area (Å²) in [5, 5.41) is -0.0394. The van der Waals surface area contributed by atoms with Crippen LogP contribution < -0.4 is 0 Å². The summed E-state index contributed by atoms with van der Waals surface area (Å²) in [7, 11) is 0. The van der Waals surface area contributed by atoms with Crippen LogP contribution in [-0.2, 0) is 11.0 Å². The number of alkyl halides is 3. The minimum atomic E-state index is -4.49. The monoisotopic (exact) mass is 278 g/mol. The lowest BCUT2D eigenvalue weighted by Gasteiger charge is -2.15. The SMILES string of the molecule is CC(C)(C)C(=O)CSc1nccc(C(F)(F)F)n1. The quantitative estimate of drug-likeness (QED) is 0.629. The molecule has 0 spiro atoms. The Morgan fingerprint density at radius 2 is 1.94 bits per heavy atom. The first-order valence-corrected chi connectivity index (χ1v) is 6.15. The van der Waals surface area contributed by atoms with Crippen molar-refractivity contribution < 1.29 is 18.0 Å². The fourth-order valence-corrected chi connectivity index (χ4v) is 1.91. The topological polar surface area (TPSA) is 42.9 Å². The van der Waals surface area contributed by atoms with Crippen LogP contribution in [-0.4, -0.2) is 21.5 Å². The van der Waals surface area contributed by atoms with Gasteiger partial charge in [0.05, 0.1) is 5.75 Å². The largest absolute Gasteiger partial charge is 0.433 e. The number of Topliss-reactive ketones (excluding diaryl/α,β-unsaturated/α-hetero) is 1. The van der Waals surface area contributed by atoms with Gasteiger partial charge < -0.3 is 0 Å². The van der Waals surface area contributed by atoms with E-state index < -0.39 is 17.3 Å². The summed E-state index contributed by atoms with van der Waals surface area (Å²) >= 11 is 0.914. The zero-order valence-electron chi connectivity index (χ0n) is 10.2. The lowest BCUT2D eigenvalue weighted by Crippen LogP contribution is -2.22. The number of carbonyl (C=O) groups is 1. The van der Waals surface area contributed by atoms with Crippen LogP contribution in [0, 0.1) is 5.41 Å². The van der Waals surface area contributed by atoms with Gasteiger partial charge >= 0.3 is 6.18 Å². The normalized spacial score (nSPS) is 12.6. The second-order valence-electron chi connectivity index (χ2n) is 4.68. The molecule has 100 valence electrons. The van der Waals surface area contributed by atoms with Crippen LogP contribution in [0.2, 0.25) is 0 Å². The summed E-state index contributed by atoms with van der Waals surface area (Å²) in [6, 6.07) is 0.801. The summed E-state index contributed by atoms with van der Waals surface area (Å²) in [5.41, 5.74) is -1.52. The van der Waals surface area contributed by atoms with E-state index in [0.29, 0.717) is 0 Å². The van der Waals surface area contributed by atoms with Crippen molar-refractivity contribution in [3.63, 3.8) is 0 Å². The van der Waals surface area contributed by atoms with E-state index in [1.54, 1.807) is 20.8 Å². The average molecular weight is 278 g/mol. The molecule has 0 saturated heterocycles. The molecule has 0 N–H and O–H groups in total. The lowest BCUT2D eigenvalue weighted by molar-refractivity contribution is -0.141. The number of thioether (sulfide) groups is 1. The zero-order valence-corrected chi connectivity index (χ0v) is 11.0. The van der Waals surface area contributed by atoms with Crippen LogP contribution in [0.4, 0.5) is 13.2 Å². The molecular weight excluding hydrogens is 265 g/mol. The summed E-state index contributed by atoms with van der Waals surface area (Å²) in [6.45, 7) is 5.26. The van der Waals surface area contributed by atoms with E-state index in [9.17, 15) is 18.0 Å². The smallest absolute Gasteiger partial charge is 0.298 e. The van der Waals surface area contributed by atoms with Crippen molar-refractivity contribution >= 4 is 17.5 Å². The third kappa shape index (κ3) is 4.29. The van der Waals surface area contributed by atoms with Crippen molar-refractivity contribution in [1.29, 1.82) is 0 Å². The molecule has 0 aliphatic heterocycles. The Bertz CT molecular complexity index is 441. The van der Waals surface area contributed by atoms with Crippen molar-refractivity contribution in [3.05, 3.63) is 18.0 Å². The Labute approximate surface area is 107 Å². The number of ketones is 1. The molecule has 0 bridgehead atoms. The number of hydrogen-bond acceptors (Lipinski definition) is 4. The summed E-state index contributed by atoms with van der Waals surface area (Å²) < 4.78 is 37.2. The van der Waals surface area contributed by atoms with Crippen LogP contribution in [0.15, 0.2) is 17.4 Å². The van der Waals surface area contributed by atoms with Gasteiger partial charge in [0.25, 0.3) is 0 Å². The molecule has 0 aliphatic carbocycles. The number of hydrogen-bond donors (Lipinski definition) is 0. The van der Waals surface area contributed by atoms with Crippen molar-refractivity contribution in [1.82, 2.24) is 9.97 Å². The van der Waals surface area contributed by atoms with Gasteiger partial charge in [0.1, 0.15) is 11.5 Å². The van der Waals surface area contributed by atoms with Crippen molar-refractivity contribution in [3.8, 4) is 0 Å². The number of halogens is 3.